The molecule has 2 N–H and O–H groups in total. The van der Waals surface area contributed by atoms with Crippen LogP contribution in [0.2, 0.25) is 0 Å². The number of aryl methyl sites for hydroxylation is 3. The molecule has 0 bridgehead atoms. The van der Waals surface area contributed by atoms with E-state index in [1.54, 1.807) is 0 Å². The molecule has 0 fully saturated rings. The van der Waals surface area contributed by atoms with E-state index in [1.807, 2.05) is 0 Å². The topological polar surface area (TPSA) is 30.9 Å². The molecule has 0 aliphatic heterocycles. The van der Waals surface area contributed by atoms with Crippen LogP contribution >= 0.6 is 0 Å². The predicted molar refractivity (Wildman–Crippen MR) is 74.4 cm³/mol. The van der Waals surface area contributed by atoms with E-state index in [4.69, 9.17) is 5.73 Å². The average Bonchev–Trinajstić information content (AvgIpc) is 2.57. The summed E-state index contributed by atoms with van der Waals surface area (Å²) >= 11 is 0. The summed E-state index contributed by atoms with van der Waals surface area (Å²) in [7, 11) is 2.16. The Bertz CT molecular complexity index is 562. The Kier molecular flexibility index (Phi) is 3.00. The van der Waals surface area contributed by atoms with Crippen molar-refractivity contribution >= 4 is 10.9 Å². The second-order valence-electron chi connectivity index (χ2n) is 5.19. The lowest BCUT2D eigenvalue weighted by atomic mass is 10.0. The van der Waals surface area contributed by atoms with Gasteiger partial charge in [0.2, 0.25) is 0 Å². The Labute approximate surface area is 103 Å². The fraction of sp³-hybridized carbons (Fsp3) is 0.467. The second-order valence-corrected chi connectivity index (χ2v) is 5.19. The molecule has 17 heavy (non-hydrogen) atoms. The van der Waals surface area contributed by atoms with Crippen molar-refractivity contribution in [3.05, 3.63) is 34.5 Å². The maximum absolute atomic E-state index is 5.94. The minimum Gasteiger partial charge on any atom is -0.347 e. The number of nitrogens with two attached hydrogens (primary N) is 1. The molecule has 2 nitrogen and oxygen atoms in total. The molecule has 92 valence electrons. The van der Waals surface area contributed by atoms with Gasteiger partial charge in [0, 0.05) is 24.7 Å². The molecule has 0 spiro atoms. The molecule has 0 amide bonds. The zero-order valence-electron chi connectivity index (χ0n) is 11.5. The predicted octanol–water partition coefficient (Wildman–Crippen LogP) is 3.38. The van der Waals surface area contributed by atoms with Crippen LogP contribution in [-0.2, 0) is 13.6 Å². The smallest absolute Gasteiger partial charge is 0.0515 e. The summed E-state index contributed by atoms with van der Waals surface area (Å²) in [5.74, 6) is 0.505. The highest BCUT2D eigenvalue weighted by atomic mass is 15.0. The van der Waals surface area contributed by atoms with Gasteiger partial charge in [-0.05, 0) is 36.5 Å². The number of aromatic nitrogens is 1. The first-order valence-corrected chi connectivity index (χ1v) is 6.26. The molecule has 0 aliphatic carbocycles. The third kappa shape index (κ3) is 1.67. The largest absolute Gasteiger partial charge is 0.347 e. The monoisotopic (exact) mass is 230 g/mol. The standard InChI is InChI=1S/C15H22N2/c1-9(2)14-13(8-16)12-7-6-10(3)11(4)15(12)17(14)5/h6-7,9H,8,16H2,1-5H3. The minimum atomic E-state index is 0.505. The fourth-order valence-electron chi connectivity index (χ4n) is 2.89. The van der Waals surface area contributed by atoms with Crippen molar-refractivity contribution in [1.29, 1.82) is 0 Å². The maximum atomic E-state index is 5.94. The Balaban J connectivity index is 2.94. The van der Waals surface area contributed by atoms with Crippen LogP contribution in [0, 0.1) is 13.8 Å². The Hall–Kier alpha value is -1.28. The normalized spacial score (nSPS) is 11.7. The minimum absolute atomic E-state index is 0.505. The van der Waals surface area contributed by atoms with Gasteiger partial charge in [-0.25, -0.2) is 0 Å². The van der Waals surface area contributed by atoms with Crippen molar-refractivity contribution in [3.63, 3.8) is 0 Å². The summed E-state index contributed by atoms with van der Waals surface area (Å²) in [5.41, 5.74) is 12.7. The molecule has 0 atom stereocenters. The number of fused-ring (bicyclic) bond motifs is 1. The van der Waals surface area contributed by atoms with Crippen LogP contribution in [0.4, 0.5) is 0 Å². The Morgan fingerprint density at radius 1 is 1.24 bits per heavy atom. The van der Waals surface area contributed by atoms with E-state index in [2.05, 4.69) is 51.4 Å². The van der Waals surface area contributed by atoms with Crippen LogP contribution in [0.15, 0.2) is 12.1 Å². The van der Waals surface area contributed by atoms with Gasteiger partial charge in [0.05, 0.1) is 5.52 Å². The van der Waals surface area contributed by atoms with Crippen molar-refractivity contribution in [2.75, 3.05) is 0 Å². The van der Waals surface area contributed by atoms with Gasteiger partial charge >= 0.3 is 0 Å². The first-order chi connectivity index (χ1) is 7.99. The van der Waals surface area contributed by atoms with Crippen LogP contribution in [0.1, 0.15) is 42.1 Å². The molecule has 0 unspecified atom stereocenters. The Morgan fingerprint density at radius 3 is 2.41 bits per heavy atom. The van der Waals surface area contributed by atoms with E-state index < -0.39 is 0 Å². The molecule has 0 aliphatic rings. The zero-order chi connectivity index (χ0) is 12.7. The lowest BCUT2D eigenvalue weighted by Gasteiger charge is -2.11. The summed E-state index contributed by atoms with van der Waals surface area (Å²) in [4.78, 5) is 0. The van der Waals surface area contributed by atoms with Gasteiger partial charge in [-0.2, -0.15) is 0 Å². The highest BCUT2D eigenvalue weighted by Gasteiger charge is 2.17. The van der Waals surface area contributed by atoms with Gasteiger partial charge in [-0.3, -0.25) is 0 Å². The Morgan fingerprint density at radius 2 is 1.88 bits per heavy atom. The lowest BCUT2D eigenvalue weighted by molar-refractivity contribution is 0.738. The molecular weight excluding hydrogens is 208 g/mol. The van der Waals surface area contributed by atoms with Crippen LogP contribution in [0.25, 0.3) is 10.9 Å². The molecule has 0 saturated carbocycles. The van der Waals surface area contributed by atoms with Crippen molar-refractivity contribution in [3.8, 4) is 0 Å². The van der Waals surface area contributed by atoms with Gasteiger partial charge in [0.1, 0.15) is 0 Å². The summed E-state index contributed by atoms with van der Waals surface area (Å²) in [6, 6.07) is 4.41. The lowest BCUT2D eigenvalue weighted by Crippen LogP contribution is -2.05. The zero-order valence-corrected chi connectivity index (χ0v) is 11.5. The number of nitrogens with zero attached hydrogens (tertiary/aromatic N) is 1. The second kappa shape index (κ2) is 4.19. The number of hydrogen-bond donors (Lipinski definition) is 1. The van der Waals surface area contributed by atoms with Gasteiger partial charge < -0.3 is 10.3 Å². The molecule has 2 aromatic rings. The first-order valence-electron chi connectivity index (χ1n) is 6.26. The van der Waals surface area contributed by atoms with Crippen LogP contribution < -0.4 is 5.73 Å². The van der Waals surface area contributed by atoms with E-state index >= 15 is 0 Å². The maximum Gasteiger partial charge on any atom is 0.0515 e. The summed E-state index contributed by atoms with van der Waals surface area (Å²) in [5, 5.41) is 1.32. The summed E-state index contributed by atoms with van der Waals surface area (Å²) < 4.78 is 2.32. The molecule has 1 heterocycles. The van der Waals surface area contributed by atoms with Gasteiger partial charge in [-0.15, -0.1) is 0 Å². The molecule has 0 radical (unpaired) electrons. The van der Waals surface area contributed by atoms with Crippen LogP contribution in [0.5, 0.6) is 0 Å². The molecule has 2 heteroatoms. The highest BCUT2D eigenvalue weighted by molar-refractivity contribution is 5.89. The van der Waals surface area contributed by atoms with E-state index in [0.29, 0.717) is 12.5 Å². The van der Waals surface area contributed by atoms with Crippen LogP contribution in [-0.4, -0.2) is 4.57 Å². The van der Waals surface area contributed by atoms with E-state index in [-0.39, 0.29) is 0 Å². The fourth-order valence-corrected chi connectivity index (χ4v) is 2.89. The van der Waals surface area contributed by atoms with E-state index in [1.165, 1.54) is 33.3 Å². The molecular formula is C15H22N2. The summed E-state index contributed by atoms with van der Waals surface area (Å²) in [6.45, 7) is 9.44. The van der Waals surface area contributed by atoms with Crippen LogP contribution in [0.3, 0.4) is 0 Å². The van der Waals surface area contributed by atoms with E-state index in [9.17, 15) is 0 Å². The van der Waals surface area contributed by atoms with E-state index in [0.717, 1.165) is 0 Å². The average molecular weight is 230 g/mol. The SMILES string of the molecule is Cc1ccc2c(CN)c(C(C)C)n(C)c2c1C. The third-order valence-electron chi connectivity index (χ3n) is 3.78. The van der Waals surface area contributed by atoms with Gasteiger partial charge in [0.15, 0.2) is 0 Å². The number of benzene rings is 1. The van der Waals surface area contributed by atoms with Crippen molar-refractivity contribution in [1.82, 2.24) is 4.57 Å². The molecule has 1 aromatic carbocycles. The van der Waals surface area contributed by atoms with Gasteiger partial charge in [0.25, 0.3) is 0 Å². The molecule has 0 saturated heterocycles. The quantitative estimate of drug-likeness (QED) is 0.842. The number of hydrogen-bond acceptors (Lipinski definition) is 1. The van der Waals surface area contributed by atoms with Crippen molar-refractivity contribution in [2.24, 2.45) is 12.8 Å². The summed E-state index contributed by atoms with van der Waals surface area (Å²) in [6.07, 6.45) is 0. The van der Waals surface area contributed by atoms with Crippen molar-refractivity contribution in [2.45, 2.75) is 40.2 Å². The van der Waals surface area contributed by atoms with Gasteiger partial charge in [-0.1, -0.05) is 26.0 Å². The number of rotatable bonds is 2. The third-order valence-corrected chi connectivity index (χ3v) is 3.78. The van der Waals surface area contributed by atoms with Crippen molar-refractivity contribution < 1.29 is 0 Å². The molecule has 1 aromatic heterocycles. The highest BCUT2D eigenvalue weighted by Crippen LogP contribution is 2.32. The first kappa shape index (κ1) is 12.2. The molecule has 2 rings (SSSR count).